The highest BCUT2D eigenvalue weighted by atomic mass is 16.2. The van der Waals surface area contributed by atoms with E-state index < -0.39 is 6.04 Å². The fourth-order valence-corrected chi connectivity index (χ4v) is 2.18. The van der Waals surface area contributed by atoms with Gasteiger partial charge in [-0.3, -0.25) is 9.59 Å². The molecule has 4 heteroatoms. The Balaban J connectivity index is 3.51. The summed E-state index contributed by atoms with van der Waals surface area (Å²) in [6.07, 6.45) is 11.4. The number of hydrogen-bond donors (Lipinski definition) is 1. The van der Waals surface area contributed by atoms with E-state index in [1.54, 1.807) is 14.1 Å². The number of rotatable bonds is 12. The molecular formula is C16H32N2O2. The van der Waals surface area contributed by atoms with Crippen molar-refractivity contribution in [3.8, 4) is 0 Å². The maximum atomic E-state index is 11.7. The molecule has 1 amide bonds. The first kappa shape index (κ1) is 19.1. The Morgan fingerprint density at radius 2 is 1.35 bits per heavy atom. The molecule has 0 fully saturated rings. The van der Waals surface area contributed by atoms with Crippen LogP contribution in [0.5, 0.6) is 0 Å². The van der Waals surface area contributed by atoms with E-state index in [1.807, 2.05) is 0 Å². The average Bonchev–Trinajstić information content (AvgIpc) is 2.43. The minimum atomic E-state index is -0.973. The van der Waals surface area contributed by atoms with Gasteiger partial charge in [-0.2, -0.15) is 0 Å². The molecule has 1 unspecified atom stereocenters. The van der Waals surface area contributed by atoms with Crippen molar-refractivity contribution in [1.29, 1.82) is 0 Å². The SMILES string of the molecule is CCCCCCCCCCCC(=O)C(N)C(=O)N(C)C. The second-order valence-corrected chi connectivity index (χ2v) is 5.76. The standard InChI is InChI=1S/C16H32N2O2/c1-4-5-6-7-8-9-10-11-12-13-14(19)15(17)16(20)18(2)3/h15H,4-13,17H2,1-3H3. The van der Waals surface area contributed by atoms with Crippen molar-refractivity contribution < 1.29 is 9.59 Å². The number of carbonyl (C=O) groups excluding carboxylic acids is 2. The predicted molar refractivity (Wildman–Crippen MR) is 83.5 cm³/mol. The molecule has 0 aliphatic carbocycles. The van der Waals surface area contributed by atoms with Crippen LogP contribution in [0.1, 0.15) is 71.1 Å². The quantitative estimate of drug-likeness (QED) is 0.443. The number of likely N-dealkylation sites (N-methyl/N-ethyl adjacent to an activating group) is 1. The molecule has 118 valence electrons. The monoisotopic (exact) mass is 284 g/mol. The molecule has 0 saturated heterocycles. The lowest BCUT2D eigenvalue weighted by molar-refractivity contribution is -0.135. The van der Waals surface area contributed by atoms with E-state index in [0.29, 0.717) is 6.42 Å². The van der Waals surface area contributed by atoms with E-state index >= 15 is 0 Å². The largest absolute Gasteiger partial charge is 0.347 e. The van der Waals surface area contributed by atoms with E-state index in [9.17, 15) is 9.59 Å². The van der Waals surface area contributed by atoms with Gasteiger partial charge >= 0.3 is 0 Å². The van der Waals surface area contributed by atoms with Crippen LogP contribution in [0, 0.1) is 0 Å². The lowest BCUT2D eigenvalue weighted by atomic mass is 10.0. The van der Waals surface area contributed by atoms with Crippen LogP contribution in [-0.2, 0) is 9.59 Å². The zero-order valence-electron chi connectivity index (χ0n) is 13.5. The van der Waals surface area contributed by atoms with Gasteiger partial charge in [0.2, 0.25) is 5.91 Å². The van der Waals surface area contributed by atoms with Gasteiger partial charge in [-0.15, -0.1) is 0 Å². The zero-order chi connectivity index (χ0) is 15.4. The zero-order valence-corrected chi connectivity index (χ0v) is 13.5. The van der Waals surface area contributed by atoms with Crippen LogP contribution < -0.4 is 5.73 Å². The summed E-state index contributed by atoms with van der Waals surface area (Å²) in [4.78, 5) is 24.6. The molecule has 2 N–H and O–H groups in total. The van der Waals surface area contributed by atoms with Crippen molar-refractivity contribution in [2.45, 2.75) is 77.2 Å². The van der Waals surface area contributed by atoms with Crippen LogP contribution in [0.25, 0.3) is 0 Å². The first-order valence-corrected chi connectivity index (χ1v) is 8.00. The van der Waals surface area contributed by atoms with Crippen LogP contribution >= 0.6 is 0 Å². The second kappa shape index (κ2) is 11.9. The average molecular weight is 284 g/mol. The van der Waals surface area contributed by atoms with Crippen LogP contribution in [0.2, 0.25) is 0 Å². The molecule has 0 aromatic heterocycles. The molecule has 20 heavy (non-hydrogen) atoms. The predicted octanol–water partition coefficient (Wildman–Crippen LogP) is 2.89. The fourth-order valence-electron chi connectivity index (χ4n) is 2.18. The van der Waals surface area contributed by atoms with Gasteiger partial charge in [-0.1, -0.05) is 58.3 Å². The second-order valence-electron chi connectivity index (χ2n) is 5.76. The molecule has 1 atom stereocenters. The number of carbonyl (C=O) groups is 2. The van der Waals surface area contributed by atoms with E-state index in [-0.39, 0.29) is 11.7 Å². The summed E-state index contributed by atoms with van der Waals surface area (Å²) in [6.45, 7) is 2.22. The molecule has 0 aromatic carbocycles. The summed E-state index contributed by atoms with van der Waals surface area (Å²) in [5.74, 6) is -0.433. The third kappa shape index (κ3) is 9.08. The van der Waals surface area contributed by atoms with Crippen molar-refractivity contribution in [1.82, 2.24) is 4.90 Å². The van der Waals surface area contributed by atoms with Gasteiger partial charge in [0, 0.05) is 20.5 Å². The highest BCUT2D eigenvalue weighted by Gasteiger charge is 2.22. The van der Waals surface area contributed by atoms with E-state index in [0.717, 1.165) is 12.8 Å². The molecule has 0 radical (unpaired) electrons. The minimum absolute atomic E-state index is 0.133. The third-order valence-corrected chi connectivity index (χ3v) is 3.58. The summed E-state index contributed by atoms with van der Waals surface area (Å²) < 4.78 is 0. The normalized spacial score (nSPS) is 12.2. The summed E-state index contributed by atoms with van der Waals surface area (Å²) in [5, 5.41) is 0. The maximum absolute atomic E-state index is 11.7. The smallest absolute Gasteiger partial charge is 0.246 e. The highest BCUT2D eigenvalue weighted by Crippen LogP contribution is 2.11. The molecule has 4 nitrogen and oxygen atoms in total. The van der Waals surface area contributed by atoms with E-state index in [1.165, 1.54) is 49.8 Å². The van der Waals surface area contributed by atoms with E-state index in [2.05, 4.69) is 6.92 Å². The first-order chi connectivity index (χ1) is 9.50. The summed E-state index contributed by atoms with van der Waals surface area (Å²) in [6, 6.07) is -0.973. The maximum Gasteiger partial charge on any atom is 0.246 e. The highest BCUT2D eigenvalue weighted by molar-refractivity contribution is 6.04. The Morgan fingerprint density at radius 1 is 0.900 bits per heavy atom. The molecule has 0 aliphatic rings. The number of hydrogen-bond acceptors (Lipinski definition) is 3. The van der Waals surface area contributed by atoms with Crippen LogP contribution in [-0.4, -0.2) is 36.7 Å². The van der Waals surface area contributed by atoms with Crippen molar-refractivity contribution >= 4 is 11.7 Å². The Kier molecular flexibility index (Phi) is 11.4. The molecule has 0 bridgehead atoms. The molecular weight excluding hydrogens is 252 g/mol. The van der Waals surface area contributed by atoms with Gasteiger partial charge in [-0.25, -0.2) is 0 Å². The van der Waals surface area contributed by atoms with Gasteiger partial charge in [-0.05, 0) is 6.42 Å². The van der Waals surface area contributed by atoms with Crippen molar-refractivity contribution in [3.63, 3.8) is 0 Å². The number of nitrogens with two attached hydrogens (primary N) is 1. The Labute approximate surface area is 124 Å². The van der Waals surface area contributed by atoms with Gasteiger partial charge in [0.05, 0.1) is 0 Å². The summed E-state index contributed by atoms with van der Waals surface area (Å²) in [5.41, 5.74) is 5.63. The molecule has 0 heterocycles. The van der Waals surface area contributed by atoms with E-state index in [4.69, 9.17) is 5.73 Å². The van der Waals surface area contributed by atoms with Gasteiger partial charge in [0.25, 0.3) is 0 Å². The number of ketones is 1. The summed E-state index contributed by atoms with van der Waals surface area (Å²) in [7, 11) is 3.24. The van der Waals surface area contributed by atoms with Gasteiger partial charge in [0.1, 0.15) is 6.04 Å². The summed E-state index contributed by atoms with van der Waals surface area (Å²) >= 11 is 0. The van der Waals surface area contributed by atoms with Crippen LogP contribution in [0.3, 0.4) is 0 Å². The number of nitrogens with zero attached hydrogens (tertiary/aromatic N) is 1. The fraction of sp³-hybridized carbons (Fsp3) is 0.875. The Hall–Kier alpha value is -0.900. The van der Waals surface area contributed by atoms with Gasteiger partial charge < -0.3 is 10.6 Å². The Morgan fingerprint density at radius 3 is 1.80 bits per heavy atom. The van der Waals surface area contributed by atoms with Crippen molar-refractivity contribution in [3.05, 3.63) is 0 Å². The molecule has 0 spiro atoms. The molecule has 0 aliphatic heterocycles. The first-order valence-electron chi connectivity index (χ1n) is 8.00. The van der Waals surface area contributed by atoms with Crippen molar-refractivity contribution in [2.75, 3.05) is 14.1 Å². The van der Waals surface area contributed by atoms with Crippen LogP contribution in [0.4, 0.5) is 0 Å². The van der Waals surface area contributed by atoms with Crippen LogP contribution in [0.15, 0.2) is 0 Å². The number of unbranched alkanes of at least 4 members (excludes halogenated alkanes) is 8. The third-order valence-electron chi connectivity index (χ3n) is 3.58. The molecule has 0 saturated carbocycles. The minimum Gasteiger partial charge on any atom is -0.347 e. The van der Waals surface area contributed by atoms with Crippen molar-refractivity contribution in [2.24, 2.45) is 5.73 Å². The molecule has 0 aromatic rings. The van der Waals surface area contributed by atoms with Gasteiger partial charge in [0.15, 0.2) is 5.78 Å². The number of Topliss-reactive ketones (excluding diaryl/α,β-unsaturated/α-hetero) is 1. The lowest BCUT2D eigenvalue weighted by Crippen LogP contribution is -2.45. The lowest BCUT2D eigenvalue weighted by Gasteiger charge is -2.15. The topological polar surface area (TPSA) is 63.4 Å². The Bertz CT molecular complexity index is 278. The number of amides is 1. The molecule has 0 rings (SSSR count).